The molecule has 2 aromatic rings. The van der Waals surface area contributed by atoms with Gasteiger partial charge < -0.3 is 20.4 Å². The second kappa shape index (κ2) is 7.75. The lowest BCUT2D eigenvalue weighted by molar-refractivity contribution is -0.206. The first-order valence-electron chi connectivity index (χ1n) is 9.31. The second-order valence-electron chi connectivity index (χ2n) is 7.84. The van der Waals surface area contributed by atoms with Crippen LogP contribution in [0.1, 0.15) is 39.5 Å². The van der Waals surface area contributed by atoms with E-state index in [2.05, 4.69) is 20.3 Å². The maximum Gasteiger partial charge on any atom is 0.391 e. The first kappa shape index (κ1) is 22.4. The fraction of sp³-hybridized carbons (Fsp3) is 0.706. The Kier molecular flexibility index (Phi) is 5.78. The van der Waals surface area contributed by atoms with Gasteiger partial charge >= 0.3 is 12.4 Å². The van der Waals surface area contributed by atoms with Crippen molar-refractivity contribution in [3.05, 3.63) is 6.33 Å². The molecule has 1 fully saturated rings. The molecule has 3 N–H and O–H groups in total. The number of nitrogens with one attached hydrogen (secondary N) is 1. The molecule has 0 spiro atoms. The average molecular weight is 440 g/mol. The maximum atomic E-state index is 12.8. The summed E-state index contributed by atoms with van der Waals surface area (Å²) in [5, 5.41) is 3.08. The number of halogens is 6. The fourth-order valence-corrected chi connectivity index (χ4v) is 3.24. The smallest absolute Gasteiger partial charge is 0.369 e. The van der Waals surface area contributed by atoms with E-state index in [1.165, 1.54) is 10.9 Å². The molecule has 0 aliphatic heterocycles. The summed E-state index contributed by atoms with van der Waals surface area (Å²) in [6, 6.07) is 0.0243. The minimum Gasteiger partial charge on any atom is -0.369 e. The maximum absolute atomic E-state index is 12.8. The Morgan fingerprint density at radius 3 is 2.23 bits per heavy atom. The van der Waals surface area contributed by atoms with Gasteiger partial charge in [-0.25, -0.2) is 4.98 Å². The number of nitrogen functional groups attached to an aromatic ring is 1. The molecule has 0 unspecified atom stereocenters. The zero-order valence-electron chi connectivity index (χ0n) is 16.3. The third-order valence-corrected chi connectivity index (χ3v) is 4.51. The van der Waals surface area contributed by atoms with E-state index in [0.29, 0.717) is 29.8 Å². The van der Waals surface area contributed by atoms with E-state index in [1.54, 1.807) is 0 Å². The Hall–Kier alpha value is -2.31. The summed E-state index contributed by atoms with van der Waals surface area (Å²) in [6.07, 6.45) is -12.8. The van der Waals surface area contributed by atoms with Crippen molar-refractivity contribution in [2.24, 2.45) is 0 Å². The summed E-state index contributed by atoms with van der Waals surface area (Å²) in [5.41, 5.74) is 5.33. The number of imidazole rings is 1. The third-order valence-electron chi connectivity index (χ3n) is 4.51. The molecule has 3 rings (SSSR count). The number of alkyl halides is 6. The molecule has 0 atom stereocenters. The molecule has 0 amide bonds. The molecular formula is C17H22F6N6O. The van der Waals surface area contributed by atoms with E-state index in [-0.39, 0.29) is 18.5 Å². The third kappa shape index (κ3) is 5.86. The normalized spacial score (nSPS) is 16.6. The number of ether oxygens (including phenoxy) is 1. The predicted molar refractivity (Wildman–Crippen MR) is 96.7 cm³/mol. The number of hydrogen-bond acceptors (Lipinski definition) is 6. The molecule has 2 aromatic heterocycles. The highest BCUT2D eigenvalue weighted by atomic mass is 19.4. The zero-order valence-corrected chi connectivity index (χ0v) is 16.3. The molecule has 13 heteroatoms. The predicted octanol–water partition coefficient (Wildman–Crippen LogP) is 4.05. The van der Waals surface area contributed by atoms with Crippen molar-refractivity contribution in [1.29, 1.82) is 0 Å². The minimum atomic E-state index is -4.77. The Morgan fingerprint density at radius 1 is 1.13 bits per heavy atom. The number of aromatic nitrogens is 4. The highest BCUT2D eigenvalue weighted by Gasteiger charge is 2.50. The van der Waals surface area contributed by atoms with Crippen molar-refractivity contribution < 1.29 is 31.1 Å². The van der Waals surface area contributed by atoms with Crippen LogP contribution in [0.15, 0.2) is 6.33 Å². The average Bonchev–Trinajstić information content (AvgIpc) is 3.15. The van der Waals surface area contributed by atoms with Crippen LogP contribution in [0.25, 0.3) is 11.2 Å². The highest BCUT2D eigenvalue weighted by Crippen LogP contribution is 2.45. The molecule has 1 saturated carbocycles. The van der Waals surface area contributed by atoms with E-state index in [0.717, 1.165) is 0 Å². The van der Waals surface area contributed by atoms with Crippen molar-refractivity contribution in [3.8, 4) is 0 Å². The molecule has 0 saturated heterocycles. The lowest BCUT2D eigenvalue weighted by Gasteiger charge is -2.26. The van der Waals surface area contributed by atoms with Crippen LogP contribution in [-0.4, -0.2) is 49.6 Å². The summed E-state index contributed by atoms with van der Waals surface area (Å²) < 4.78 is 83.4. The summed E-state index contributed by atoms with van der Waals surface area (Å²) in [4.78, 5) is 12.4. The molecule has 2 heterocycles. The molecule has 1 aliphatic rings. The van der Waals surface area contributed by atoms with Crippen LogP contribution in [0, 0.1) is 0 Å². The number of hydrogen-bond donors (Lipinski definition) is 2. The number of nitrogens with zero attached hydrogens (tertiary/aromatic N) is 4. The quantitative estimate of drug-likeness (QED) is 0.602. The van der Waals surface area contributed by atoms with Crippen LogP contribution < -0.4 is 11.1 Å². The van der Waals surface area contributed by atoms with Crippen molar-refractivity contribution >= 4 is 22.9 Å². The largest absolute Gasteiger partial charge is 0.391 e. The van der Waals surface area contributed by atoms with Crippen LogP contribution in [0.4, 0.5) is 38.1 Å². The summed E-state index contributed by atoms with van der Waals surface area (Å²) in [7, 11) is 0. The Bertz CT molecular complexity index is 873. The van der Waals surface area contributed by atoms with Gasteiger partial charge in [0, 0.05) is 6.04 Å². The van der Waals surface area contributed by atoms with Gasteiger partial charge in [0.15, 0.2) is 17.0 Å². The standard InChI is InChI=1S/C17H22F6N6O/c1-9(2)26-12-11-13(28-14(24)27-12)29(8-25-11)7-15(3-4-15)30-10(5-16(18,19)20)6-17(21,22)23/h8-10H,3-7H2,1-2H3,(H3,24,26,27,28). The first-order valence-corrected chi connectivity index (χ1v) is 9.31. The highest BCUT2D eigenvalue weighted by molar-refractivity contribution is 5.84. The van der Waals surface area contributed by atoms with E-state index < -0.39 is 36.9 Å². The molecule has 0 bridgehead atoms. The first-order chi connectivity index (χ1) is 13.8. The summed E-state index contributed by atoms with van der Waals surface area (Å²) in [5.74, 6) is 0.356. The molecule has 168 valence electrons. The molecule has 0 radical (unpaired) electrons. The van der Waals surface area contributed by atoms with Gasteiger partial charge in [-0.15, -0.1) is 0 Å². The van der Waals surface area contributed by atoms with Crippen LogP contribution in [0.5, 0.6) is 0 Å². The van der Waals surface area contributed by atoms with Crippen LogP contribution in [0.3, 0.4) is 0 Å². The summed E-state index contributed by atoms with van der Waals surface area (Å²) >= 11 is 0. The molecule has 1 aliphatic carbocycles. The topological polar surface area (TPSA) is 90.9 Å². The number of anilines is 2. The van der Waals surface area contributed by atoms with Crippen molar-refractivity contribution in [3.63, 3.8) is 0 Å². The molecule has 0 aromatic carbocycles. The summed E-state index contributed by atoms with van der Waals surface area (Å²) in [6.45, 7) is 3.78. The minimum absolute atomic E-state index is 0.00723. The van der Waals surface area contributed by atoms with E-state index >= 15 is 0 Å². The molecule has 7 nitrogen and oxygen atoms in total. The lowest BCUT2D eigenvalue weighted by atomic mass is 10.1. The Balaban J connectivity index is 1.82. The second-order valence-corrected chi connectivity index (χ2v) is 7.84. The Morgan fingerprint density at radius 2 is 1.73 bits per heavy atom. The zero-order chi connectivity index (χ0) is 22.3. The number of fused-ring (bicyclic) bond motifs is 1. The lowest BCUT2D eigenvalue weighted by Crippen LogP contribution is -2.34. The molecular weight excluding hydrogens is 418 g/mol. The van der Waals surface area contributed by atoms with E-state index in [4.69, 9.17) is 10.5 Å². The van der Waals surface area contributed by atoms with Gasteiger partial charge in [-0.3, -0.25) is 0 Å². The number of nitrogens with two attached hydrogens (primary N) is 1. The van der Waals surface area contributed by atoms with Gasteiger partial charge in [0.1, 0.15) is 0 Å². The van der Waals surface area contributed by atoms with Crippen LogP contribution in [0.2, 0.25) is 0 Å². The van der Waals surface area contributed by atoms with Crippen molar-refractivity contribution in [1.82, 2.24) is 19.5 Å². The van der Waals surface area contributed by atoms with Crippen molar-refractivity contribution in [2.45, 2.75) is 76.2 Å². The monoisotopic (exact) mass is 440 g/mol. The fourth-order valence-electron chi connectivity index (χ4n) is 3.24. The van der Waals surface area contributed by atoms with Gasteiger partial charge in [-0.05, 0) is 26.7 Å². The Labute approximate surface area is 168 Å². The SMILES string of the molecule is CC(C)Nc1nc(N)nc2c1ncn2CC1(OC(CC(F)(F)F)CC(F)(F)F)CC1. The molecule has 30 heavy (non-hydrogen) atoms. The van der Waals surface area contributed by atoms with Crippen LogP contribution >= 0.6 is 0 Å². The number of rotatable bonds is 8. The van der Waals surface area contributed by atoms with Gasteiger partial charge in [0.25, 0.3) is 0 Å². The van der Waals surface area contributed by atoms with Gasteiger partial charge in [0.05, 0.1) is 37.4 Å². The van der Waals surface area contributed by atoms with E-state index in [9.17, 15) is 26.3 Å². The van der Waals surface area contributed by atoms with Gasteiger partial charge in [-0.1, -0.05) is 0 Å². The van der Waals surface area contributed by atoms with Crippen LogP contribution in [-0.2, 0) is 11.3 Å². The van der Waals surface area contributed by atoms with E-state index in [1.807, 2.05) is 13.8 Å². The van der Waals surface area contributed by atoms with Gasteiger partial charge in [-0.2, -0.15) is 36.3 Å². The van der Waals surface area contributed by atoms with Gasteiger partial charge in [0.2, 0.25) is 5.95 Å². The van der Waals surface area contributed by atoms with Crippen molar-refractivity contribution in [2.75, 3.05) is 11.1 Å².